The molecule has 0 heterocycles. The Balaban J connectivity index is 2.29. The quantitative estimate of drug-likeness (QED) is 0.430. The van der Waals surface area contributed by atoms with Crippen LogP contribution in [-0.2, 0) is 16.0 Å². The molecule has 3 N–H and O–H groups in total. The molecule has 1 atom stereocenters. The van der Waals surface area contributed by atoms with Crippen LogP contribution in [-0.4, -0.2) is 36.4 Å². The highest BCUT2D eigenvalue weighted by molar-refractivity contribution is 5.82. The predicted octanol–water partition coefficient (Wildman–Crippen LogP) is 1.44. The number of nitrogens with zero attached hydrogens (tertiary/aromatic N) is 1. The number of hydrogen-bond donors (Lipinski definition) is 2. The summed E-state index contributed by atoms with van der Waals surface area (Å²) in [6.45, 7) is 3.96. The second-order valence-corrected chi connectivity index (χ2v) is 4.72. The fourth-order valence-electron chi connectivity index (χ4n) is 1.40. The van der Waals surface area contributed by atoms with Crippen molar-refractivity contribution in [1.82, 2.24) is 0 Å². The smallest absolute Gasteiger partial charge is 0.145 e. The number of aliphatic hydroxyl groups is 1. The fraction of sp³-hybridized carbons (Fsp3) is 0.500. The predicted molar refractivity (Wildman–Crippen MR) is 74.8 cm³/mol. The third kappa shape index (κ3) is 7.06. The lowest BCUT2D eigenvalue weighted by Gasteiger charge is -2.12. The maximum atomic E-state index is 12.7. The van der Waals surface area contributed by atoms with E-state index in [1.807, 2.05) is 13.8 Å². The summed E-state index contributed by atoms with van der Waals surface area (Å²) in [4.78, 5) is 4.94. The van der Waals surface area contributed by atoms with E-state index in [2.05, 4.69) is 5.16 Å². The second-order valence-electron chi connectivity index (χ2n) is 4.72. The van der Waals surface area contributed by atoms with Crippen LogP contribution in [0.2, 0.25) is 0 Å². The molecule has 1 rings (SSSR count). The Morgan fingerprint density at radius 3 is 2.55 bits per heavy atom. The van der Waals surface area contributed by atoms with Crippen molar-refractivity contribution in [3.05, 3.63) is 35.6 Å². The lowest BCUT2D eigenvalue weighted by atomic mass is 10.1. The van der Waals surface area contributed by atoms with E-state index >= 15 is 0 Å². The van der Waals surface area contributed by atoms with Crippen molar-refractivity contribution in [3.63, 3.8) is 0 Å². The van der Waals surface area contributed by atoms with Crippen molar-refractivity contribution in [2.75, 3.05) is 13.2 Å². The van der Waals surface area contributed by atoms with Crippen molar-refractivity contribution >= 4 is 5.84 Å². The van der Waals surface area contributed by atoms with Crippen molar-refractivity contribution in [1.29, 1.82) is 0 Å². The molecule has 0 amide bonds. The maximum absolute atomic E-state index is 12.7. The minimum absolute atomic E-state index is 0.0108. The van der Waals surface area contributed by atoms with E-state index in [4.69, 9.17) is 15.3 Å². The Morgan fingerprint density at radius 1 is 1.30 bits per heavy atom. The van der Waals surface area contributed by atoms with Gasteiger partial charge in [0.25, 0.3) is 0 Å². The van der Waals surface area contributed by atoms with Crippen molar-refractivity contribution < 1.29 is 19.1 Å². The summed E-state index contributed by atoms with van der Waals surface area (Å²) in [6.07, 6.45) is -0.338. The van der Waals surface area contributed by atoms with Gasteiger partial charge in [-0.2, -0.15) is 0 Å². The zero-order valence-corrected chi connectivity index (χ0v) is 11.8. The van der Waals surface area contributed by atoms with Gasteiger partial charge >= 0.3 is 0 Å². The molecule has 20 heavy (non-hydrogen) atoms. The van der Waals surface area contributed by atoms with E-state index in [1.165, 1.54) is 12.1 Å². The van der Waals surface area contributed by atoms with Gasteiger partial charge in [-0.15, -0.1) is 0 Å². The van der Waals surface area contributed by atoms with Crippen LogP contribution in [0.25, 0.3) is 0 Å². The van der Waals surface area contributed by atoms with Crippen LogP contribution in [0.4, 0.5) is 4.39 Å². The summed E-state index contributed by atoms with van der Waals surface area (Å²) in [7, 11) is 0. The molecule has 0 aliphatic carbocycles. The van der Waals surface area contributed by atoms with Crippen LogP contribution in [0.1, 0.15) is 19.4 Å². The van der Waals surface area contributed by atoms with E-state index in [-0.39, 0.29) is 31.0 Å². The van der Waals surface area contributed by atoms with Gasteiger partial charge in [0.05, 0.1) is 12.7 Å². The highest BCUT2D eigenvalue weighted by Crippen LogP contribution is 2.03. The number of ether oxygens (including phenoxy) is 1. The molecular weight excluding hydrogens is 263 g/mol. The number of oxime groups is 1. The van der Waals surface area contributed by atoms with Crippen LogP contribution in [0.15, 0.2) is 29.4 Å². The number of nitrogens with two attached hydrogens (primary N) is 1. The molecule has 6 heteroatoms. The molecule has 0 fully saturated rings. The van der Waals surface area contributed by atoms with Gasteiger partial charge in [0.15, 0.2) is 0 Å². The van der Waals surface area contributed by atoms with Gasteiger partial charge in [0.1, 0.15) is 24.4 Å². The molecule has 5 nitrogen and oxygen atoms in total. The highest BCUT2D eigenvalue weighted by Gasteiger charge is 2.06. The standard InChI is InChI=1S/C14H21FN2O3/c1-10(2)19-8-13(18)9-20-17-14(16)7-11-3-5-12(15)6-4-11/h3-6,10,13,18H,7-9H2,1-2H3,(H2,16,17). The summed E-state index contributed by atoms with van der Waals surface area (Å²) in [5, 5.41) is 13.2. The molecule has 1 aromatic rings. The Hall–Kier alpha value is -1.66. The molecule has 0 bridgehead atoms. The largest absolute Gasteiger partial charge is 0.392 e. The average Bonchev–Trinajstić information content (AvgIpc) is 2.39. The topological polar surface area (TPSA) is 77.1 Å². The third-order valence-corrected chi connectivity index (χ3v) is 2.37. The zero-order chi connectivity index (χ0) is 15.0. The SMILES string of the molecule is CC(C)OCC(O)CO/N=C(/N)Cc1ccc(F)cc1. The number of rotatable bonds is 8. The molecular formula is C14H21FN2O3. The van der Waals surface area contributed by atoms with E-state index in [1.54, 1.807) is 12.1 Å². The normalized spacial score (nSPS) is 13.6. The van der Waals surface area contributed by atoms with Crippen molar-refractivity contribution in [2.45, 2.75) is 32.5 Å². The summed E-state index contributed by atoms with van der Waals surface area (Å²) in [5.74, 6) is -0.0395. The highest BCUT2D eigenvalue weighted by atomic mass is 19.1. The minimum atomic E-state index is -0.750. The van der Waals surface area contributed by atoms with Gasteiger partial charge in [-0.25, -0.2) is 4.39 Å². The maximum Gasteiger partial charge on any atom is 0.145 e. The molecule has 0 radical (unpaired) electrons. The van der Waals surface area contributed by atoms with E-state index in [9.17, 15) is 9.50 Å². The molecule has 0 spiro atoms. The second kappa shape index (κ2) is 8.50. The number of hydrogen-bond acceptors (Lipinski definition) is 4. The molecule has 0 saturated heterocycles. The molecule has 0 saturated carbocycles. The first-order valence-electron chi connectivity index (χ1n) is 6.45. The lowest BCUT2D eigenvalue weighted by molar-refractivity contribution is -0.0347. The molecule has 1 unspecified atom stereocenters. The third-order valence-electron chi connectivity index (χ3n) is 2.37. The molecule has 0 aliphatic rings. The summed E-state index contributed by atoms with van der Waals surface area (Å²) >= 11 is 0. The number of halogens is 1. The molecule has 0 aliphatic heterocycles. The van der Waals surface area contributed by atoms with E-state index < -0.39 is 6.10 Å². The molecule has 1 aromatic carbocycles. The Kier molecular flexibility index (Phi) is 6.97. The van der Waals surface area contributed by atoms with Gasteiger partial charge < -0.3 is 20.4 Å². The fourth-order valence-corrected chi connectivity index (χ4v) is 1.40. The molecule has 112 valence electrons. The van der Waals surface area contributed by atoms with Crippen LogP contribution < -0.4 is 5.73 Å². The first-order valence-corrected chi connectivity index (χ1v) is 6.45. The number of amidine groups is 1. The van der Waals surface area contributed by atoms with E-state index in [0.717, 1.165) is 5.56 Å². The van der Waals surface area contributed by atoms with Gasteiger partial charge in [-0.3, -0.25) is 0 Å². The van der Waals surface area contributed by atoms with Gasteiger partial charge in [0, 0.05) is 6.42 Å². The summed E-state index contributed by atoms with van der Waals surface area (Å²) < 4.78 is 17.9. The van der Waals surface area contributed by atoms with Crippen LogP contribution in [0.3, 0.4) is 0 Å². The summed E-state index contributed by atoms with van der Waals surface area (Å²) in [6, 6.07) is 5.97. The van der Waals surface area contributed by atoms with Crippen molar-refractivity contribution in [2.24, 2.45) is 10.9 Å². The van der Waals surface area contributed by atoms with Gasteiger partial charge in [0.2, 0.25) is 0 Å². The Labute approximate surface area is 118 Å². The zero-order valence-electron chi connectivity index (χ0n) is 11.8. The Morgan fingerprint density at radius 2 is 1.95 bits per heavy atom. The average molecular weight is 284 g/mol. The molecule has 0 aromatic heterocycles. The number of aliphatic hydroxyl groups excluding tert-OH is 1. The van der Waals surface area contributed by atoms with Crippen LogP contribution >= 0.6 is 0 Å². The minimum Gasteiger partial charge on any atom is -0.392 e. The van der Waals surface area contributed by atoms with Crippen LogP contribution in [0, 0.1) is 5.82 Å². The van der Waals surface area contributed by atoms with Gasteiger partial charge in [-0.05, 0) is 31.5 Å². The lowest BCUT2D eigenvalue weighted by Crippen LogP contribution is -2.24. The Bertz CT molecular complexity index is 421. The monoisotopic (exact) mass is 284 g/mol. The van der Waals surface area contributed by atoms with Crippen LogP contribution in [0.5, 0.6) is 0 Å². The summed E-state index contributed by atoms with van der Waals surface area (Å²) in [5.41, 5.74) is 6.50. The van der Waals surface area contributed by atoms with E-state index in [0.29, 0.717) is 6.42 Å². The van der Waals surface area contributed by atoms with Crippen molar-refractivity contribution in [3.8, 4) is 0 Å². The van der Waals surface area contributed by atoms with Gasteiger partial charge in [-0.1, -0.05) is 17.3 Å². The first kappa shape index (κ1) is 16.4. The first-order chi connectivity index (χ1) is 9.47. The number of benzene rings is 1.